The van der Waals surface area contributed by atoms with Crippen molar-refractivity contribution in [2.45, 2.75) is 60.3 Å². The zero-order valence-corrected chi connectivity index (χ0v) is 15.4. The van der Waals surface area contributed by atoms with Gasteiger partial charge < -0.3 is 19.7 Å². The molecule has 24 heavy (non-hydrogen) atoms. The Balaban J connectivity index is 3.37. The number of aromatic hydroxyl groups is 1. The molecule has 0 spiro atoms. The summed E-state index contributed by atoms with van der Waals surface area (Å²) in [6.45, 7) is 10.8. The van der Waals surface area contributed by atoms with Crippen molar-refractivity contribution in [3.05, 3.63) is 17.2 Å². The highest BCUT2D eigenvalue weighted by Gasteiger charge is 2.23. The van der Waals surface area contributed by atoms with Gasteiger partial charge in [-0.25, -0.2) is 4.79 Å². The highest BCUT2D eigenvalue weighted by Crippen LogP contribution is 2.42. The Bertz CT molecular complexity index is 549. The number of carboxylic acid groups (broad SMARTS) is 1. The molecule has 0 atom stereocenters. The molecular weight excluding hydrogens is 308 g/mol. The molecule has 1 rings (SSSR count). The first-order valence-corrected chi connectivity index (χ1v) is 8.67. The van der Waals surface area contributed by atoms with Crippen molar-refractivity contribution >= 4 is 6.16 Å². The highest BCUT2D eigenvalue weighted by atomic mass is 16.7. The fraction of sp³-hybridized carbons (Fsp3) is 0.632. The van der Waals surface area contributed by atoms with Crippen molar-refractivity contribution in [2.75, 3.05) is 6.61 Å². The lowest BCUT2D eigenvalue weighted by Gasteiger charge is -2.20. The minimum absolute atomic E-state index is 0.0368. The van der Waals surface area contributed by atoms with Gasteiger partial charge in [-0.05, 0) is 37.2 Å². The summed E-state index contributed by atoms with van der Waals surface area (Å²) in [5.74, 6) is 1.13. The Morgan fingerprint density at radius 2 is 1.79 bits per heavy atom. The van der Waals surface area contributed by atoms with E-state index in [4.69, 9.17) is 14.6 Å². The molecule has 0 saturated carbocycles. The van der Waals surface area contributed by atoms with Gasteiger partial charge in [-0.3, -0.25) is 0 Å². The molecule has 0 aromatic heterocycles. The molecule has 0 amide bonds. The second kappa shape index (κ2) is 9.40. The molecule has 0 radical (unpaired) electrons. The molecule has 0 aliphatic carbocycles. The molecule has 5 nitrogen and oxygen atoms in total. The number of unbranched alkanes of at least 4 members (excludes halogenated alkanes) is 1. The van der Waals surface area contributed by atoms with E-state index in [0.717, 1.165) is 12.8 Å². The van der Waals surface area contributed by atoms with Crippen LogP contribution < -0.4 is 9.47 Å². The fourth-order valence-corrected chi connectivity index (χ4v) is 2.57. The molecule has 0 unspecified atom stereocenters. The first-order valence-electron chi connectivity index (χ1n) is 8.67. The number of phenolic OH excluding ortho intramolecular Hbond substituents is 1. The Morgan fingerprint density at radius 3 is 2.29 bits per heavy atom. The Morgan fingerprint density at radius 1 is 1.17 bits per heavy atom. The SMILES string of the molecule is CCCCOc1cc(CC(C)C)c(OC(=O)O)c(O)c1CC(C)C. The van der Waals surface area contributed by atoms with Crippen LogP contribution in [0.2, 0.25) is 0 Å². The number of hydrogen-bond donors (Lipinski definition) is 2. The minimum atomic E-state index is -1.43. The fourth-order valence-electron chi connectivity index (χ4n) is 2.57. The molecule has 136 valence electrons. The van der Waals surface area contributed by atoms with E-state index in [1.165, 1.54) is 0 Å². The van der Waals surface area contributed by atoms with Gasteiger partial charge in [0.25, 0.3) is 0 Å². The third-order valence-electron chi connectivity index (χ3n) is 3.58. The van der Waals surface area contributed by atoms with Gasteiger partial charge in [-0.2, -0.15) is 0 Å². The van der Waals surface area contributed by atoms with Crippen LogP contribution in [0.3, 0.4) is 0 Å². The monoisotopic (exact) mass is 338 g/mol. The van der Waals surface area contributed by atoms with Gasteiger partial charge in [-0.15, -0.1) is 0 Å². The van der Waals surface area contributed by atoms with E-state index in [1.54, 1.807) is 0 Å². The lowest BCUT2D eigenvalue weighted by Crippen LogP contribution is -2.10. The van der Waals surface area contributed by atoms with E-state index in [1.807, 2.05) is 33.8 Å². The van der Waals surface area contributed by atoms with Crippen LogP contribution in [0.25, 0.3) is 0 Å². The highest BCUT2D eigenvalue weighted by molar-refractivity contribution is 5.67. The van der Waals surface area contributed by atoms with Crippen molar-refractivity contribution < 1.29 is 24.5 Å². The number of phenols is 1. The van der Waals surface area contributed by atoms with Crippen LogP contribution in [0.15, 0.2) is 6.07 Å². The molecule has 0 heterocycles. The van der Waals surface area contributed by atoms with Gasteiger partial charge in [0.1, 0.15) is 5.75 Å². The molecule has 0 aliphatic heterocycles. The van der Waals surface area contributed by atoms with E-state index in [2.05, 4.69) is 6.92 Å². The van der Waals surface area contributed by atoms with Crippen LogP contribution in [-0.4, -0.2) is 23.0 Å². The van der Waals surface area contributed by atoms with Crippen molar-refractivity contribution in [2.24, 2.45) is 11.8 Å². The minimum Gasteiger partial charge on any atom is -0.504 e. The summed E-state index contributed by atoms with van der Waals surface area (Å²) in [6.07, 6.45) is 1.71. The van der Waals surface area contributed by atoms with Crippen LogP contribution in [-0.2, 0) is 12.8 Å². The maximum atomic E-state index is 11.0. The van der Waals surface area contributed by atoms with Crippen molar-refractivity contribution in [3.8, 4) is 17.2 Å². The van der Waals surface area contributed by atoms with Crippen molar-refractivity contribution in [1.29, 1.82) is 0 Å². The van der Waals surface area contributed by atoms with Gasteiger partial charge in [0.15, 0.2) is 11.5 Å². The van der Waals surface area contributed by atoms with Crippen LogP contribution in [0.1, 0.15) is 58.6 Å². The molecule has 0 aliphatic rings. The molecule has 2 N–H and O–H groups in total. The topological polar surface area (TPSA) is 76.0 Å². The molecule has 1 aromatic rings. The van der Waals surface area contributed by atoms with Crippen LogP contribution in [0, 0.1) is 11.8 Å². The Hall–Kier alpha value is -1.91. The second-order valence-electron chi connectivity index (χ2n) is 6.96. The maximum Gasteiger partial charge on any atom is 0.511 e. The van der Waals surface area contributed by atoms with Gasteiger partial charge in [0.05, 0.1) is 6.61 Å². The first kappa shape index (κ1) is 20.1. The van der Waals surface area contributed by atoms with Crippen LogP contribution >= 0.6 is 0 Å². The summed E-state index contributed by atoms with van der Waals surface area (Å²) in [6, 6.07) is 1.82. The van der Waals surface area contributed by atoms with E-state index >= 15 is 0 Å². The van der Waals surface area contributed by atoms with Crippen LogP contribution in [0.4, 0.5) is 4.79 Å². The largest absolute Gasteiger partial charge is 0.511 e. The molecule has 0 bridgehead atoms. The molecule has 0 fully saturated rings. The quantitative estimate of drug-likeness (QED) is 0.375. The Labute approximate surface area is 144 Å². The summed E-state index contributed by atoms with van der Waals surface area (Å²) in [5, 5.41) is 19.7. The van der Waals surface area contributed by atoms with Gasteiger partial charge >= 0.3 is 6.16 Å². The lowest BCUT2D eigenvalue weighted by atomic mass is 9.95. The zero-order valence-electron chi connectivity index (χ0n) is 15.4. The summed E-state index contributed by atoms with van der Waals surface area (Å²) in [4.78, 5) is 11.0. The third-order valence-corrected chi connectivity index (χ3v) is 3.58. The standard InChI is InChI=1S/C19H30O5/c1-6-7-8-23-16-11-14(9-12(2)3)18(24-19(21)22)17(20)15(16)10-13(4)5/h11-13,20H,6-10H2,1-5H3,(H,21,22). The number of carbonyl (C=O) groups is 1. The van der Waals surface area contributed by atoms with E-state index in [0.29, 0.717) is 42.2 Å². The summed E-state index contributed by atoms with van der Waals surface area (Å²) in [5.41, 5.74) is 1.27. The first-order chi connectivity index (χ1) is 11.3. The summed E-state index contributed by atoms with van der Waals surface area (Å²) >= 11 is 0. The third kappa shape index (κ3) is 5.95. The predicted octanol–water partition coefficient (Wildman–Crippen LogP) is 5.02. The van der Waals surface area contributed by atoms with E-state index < -0.39 is 6.16 Å². The van der Waals surface area contributed by atoms with Crippen LogP contribution in [0.5, 0.6) is 17.2 Å². The van der Waals surface area contributed by atoms with E-state index in [9.17, 15) is 9.90 Å². The average molecular weight is 338 g/mol. The summed E-state index contributed by atoms with van der Waals surface area (Å²) in [7, 11) is 0. The molecule has 5 heteroatoms. The van der Waals surface area contributed by atoms with Crippen molar-refractivity contribution in [1.82, 2.24) is 0 Å². The number of benzene rings is 1. The number of ether oxygens (including phenoxy) is 2. The number of rotatable bonds is 9. The normalized spacial score (nSPS) is 11.1. The molecular formula is C19H30O5. The molecule has 0 saturated heterocycles. The smallest absolute Gasteiger partial charge is 0.504 e. The zero-order chi connectivity index (χ0) is 18.3. The van der Waals surface area contributed by atoms with Gasteiger partial charge in [0, 0.05) is 11.1 Å². The van der Waals surface area contributed by atoms with E-state index in [-0.39, 0.29) is 17.4 Å². The predicted molar refractivity (Wildman–Crippen MR) is 94.2 cm³/mol. The van der Waals surface area contributed by atoms with Gasteiger partial charge in [-0.1, -0.05) is 41.0 Å². The average Bonchev–Trinajstić information content (AvgIpc) is 2.46. The van der Waals surface area contributed by atoms with Gasteiger partial charge in [0.2, 0.25) is 0 Å². The Kier molecular flexibility index (Phi) is 7.89. The molecule has 1 aromatic carbocycles. The maximum absolute atomic E-state index is 11.0. The second-order valence-corrected chi connectivity index (χ2v) is 6.96. The lowest BCUT2D eigenvalue weighted by molar-refractivity contribution is 0.142. The number of hydrogen-bond acceptors (Lipinski definition) is 4. The summed E-state index contributed by atoms with van der Waals surface area (Å²) < 4.78 is 10.8. The van der Waals surface area contributed by atoms with Crippen molar-refractivity contribution in [3.63, 3.8) is 0 Å².